The van der Waals surface area contributed by atoms with Gasteiger partial charge in [0.25, 0.3) is 0 Å². The van der Waals surface area contributed by atoms with E-state index in [-0.39, 0.29) is 29.1 Å². The van der Waals surface area contributed by atoms with Gasteiger partial charge in [0.05, 0.1) is 18.0 Å². The predicted molar refractivity (Wildman–Crippen MR) is 131 cm³/mol. The van der Waals surface area contributed by atoms with Crippen LogP contribution in [0.4, 0.5) is 10.1 Å². The lowest BCUT2D eigenvalue weighted by atomic mass is 9.59. The highest BCUT2D eigenvalue weighted by Crippen LogP contribution is 2.51. The summed E-state index contributed by atoms with van der Waals surface area (Å²) in [4.78, 5) is 23.5. The van der Waals surface area contributed by atoms with Crippen molar-refractivity contribution in [2.75, 3.05) is 19.0 Å². The maximum Gasteiger partial charge on any atom is 0.226 e. The van der Waals surface area contributed by atoms with Crippen LogP contribution in [-0.4, -0.2) is 29.4 Å². The molecule has 0 bridgehead atoms. The summed E-state index contributed by atoms with van der Waals surface area (Å²) >= 11 is 0. The zero-order valence-corrected chi connectivity index (χ0v) is 19.8. The molecule has 0 spiro atoms. The predicted octanol–water partition coefficient (Wildman–Crippen LogP) is 5.59. The molecule has 3 aromatic rings. The van der Waals surface area contributed by atoms with E-state index in [1.807, 2.05) is 62.3 Å². The van der Waals surface area contributed by atoms with Crippen LogP contribution in [0.1, 0.15) is 31.7 Å². The van der Waals surface area contributed by atoms with Crippen LogP contribution >= 0.6 is 0 Å². The molecule has 0 radical (unpaired) electrons. The number of hydrogen-bond donors (Lipinski definition) is 0. The molecule has 0 unspecified atom stereocenters. The average Bonchev–Trinajstić information content (AvgIpc) is 3.22. The number of Topliss-reactive ketones (excluding diaryl/α,β-unsaturated/α-hetero) is 1. The smallest absolute Gasteiger partial charge is 0.226 e. The van der Waals surface area contributed by atoms with E-state index in [4.69, 9.17) is 11.6 Å². The number of aromatic nitrogens is 2. The number of carbonyl (C=O) groups excluding carboxylic acids is 1. The van der Waals surface area contributed by atoms with Gasteiger partial charge >= 0.3 is 0 Å². The van der Waals surface area contributed by atoms with Crippen molar-refractivity contribution >= 4 is 11.5 Å². The highest BCUT2D eigenvalue weighted by Gasteiger charge is 2.50. The summed E-state index contributed by atoms with van der Waals surface area (Å²) in [7, 11) is 3.99. The Hall–Kier alpha value is -3.72. The van der Waals surface area contributed by atoms with Gasteiger partial charge in [0.15, 0.2) is 5.78 Å². The molecule has 6 heteroatoms. The number of rotatable bonds is 3. The first-order chi connectivity index (χ1) is 16.2. The SMILES string of the molecule is [C-]#[N+]C1=C[C@@]2(C)c3nc(-c4ccc(N(C)C)cc4)n(-c4cccc(F)c4)c3CC[C@@H]2[C@@H](C)C1=O. The van der Waals surface area contributed by atoms with Crippen LogP contribution in [0.15, 0.2) is 60.3 Å². The monoisotopic (exact) mass is 454 g/mol. The van der Waals surface area contributed by atoms with Crippen molar-refractivity contribution in [2.24, 2.45) is 11.8 Å². The zero-order chi connectivity index (χ0) is 24.2. The van der Waals surface area contributed by atoms with Crippen molar-refractivity contribution in [3.05, 3.63) is 88.9 Å². The van der Waals surface area contributed by atoms with E-state index in [2.05, 4.69) is 16.3 Å². The molecular formula is C28H27FN4O. The molecule has 2 aromatic carbocycles. The van der Waals surface area contributed by atoms with E-state index >= 15 is 0 Å². The molecule has 5 nitrogen and oxygen atoms in total. The molecule has 0 saturated carbocycles. The first kappa shape index (κ1) is 22.1. The van der Waals surface area contributed by atoms with Gasteiger partial charge in [-0.1, -0.05) is 26.0 Å². The van der Waals surface area contributed by atoms with Crippen LogP contribution in [0.2, 0.25) is 0 Å². The third kappa shape index (κ3) is 3.27. The van der Waals surface area contributed by atoms with Crippen LogP contribution in [-0.2, 0) is 16.6 Å². The number of halogens is 1. The second kappa shape index (κ2) is 7.95. The topological polar surface area (TPSA) is 42.5 Å². The number of allylic oxidation sites excluding steroid dienone is 2. The molecule has 2 aliphatic rings. The first-order valence-corrected chi connectivity index (χ1v) is 11.5. The molecule has 2 aliphatic carbocycles. The summed E-state index contributed by atoms with van der Waals surface area (Å²) in [5.74, 6) is 0.183. The summed E-state index contributed by atoms with van der Waals surface area (Å²) in [5.41, 5.74) is 4.26. The van der Waals surface area contributed by atoms with E-state index < -0.39 is 5.41 Å². The van der Waals surface area contributed by atoms with Crippen LogP contribution in [0.3, 0.4) is 0 Å². The Balaban J connectivity index is 1.77. The molecule has 1 heterocycles. The molecule has 1 aromatic heterocycles. The van der Waals surface area contributed by atoms with E-state index in [1.54, 1.807) is 6.07 Å². The summed E-state index contributed by atoms with van der Waals surface area (Å²) in [5, 5.41) is 0. The van der Waals surface area contributed by atoms with Gasteiger partial charge in [0.2, 0.25) is 5.70 Å². The Morgan fingerprint density at radius 2 is 1.94 bits per heavy atom. The molecule has 0 saturated heterocycles. The first-order valence-electron chi connectivity index (χ1n) is 11.5. The standard InChI is InChI=1S/C28H27FN4O/c1-17-22-13-14-24-26(28(22,2)16-23(30-3)25(17)34)31-27(18-9-11-20(12-10-18)32(4)5)33(24)21-8-6-7-19(29)15-21/h6-12,15-17,22H,13-14H2,1-2,4-5H3/t17-,22-,28-/m1/s1. The molecule has 0 aliphatic heterocycles. The lowest BCUT2D eigenvalue weighted by molar-refractivity contribution is -0.121. The Bertz CT molecular complexity index is 1360. The normalized spacial score (nSPS) is 23.5. The number of carbonyl (C=O) groups is 1. The molecule has 5 rings (SSSR count). The lowest BCUT2D eigenvalue weighted by Crippen LogP contribution is -2.45. The number of anilines is 1. The van der Waals surface area contributed by atoms with Crippen molar-refractivity contribution in [3.8, 4) is 17.1 Å². The Morgan fingerprint density at radius 1 is 1.21 bits per heavy atom. The summed E-state index contributed by atoms with van der Waals surface area (Å²) in [6.45, 7) is 11.6. The van der Waals surface area contributed by atoms with Gasteiger partial charge in [-0.25, -0.2) is 14.2 Å². The maximum absolute atomic E-state index is 14.3. The third-order valence-electron chi connectivity index (χ3n) is 7.48. The lowest BCUT2D eigenvalue weighted by Gasteiger charge is -2.44. The molecule has 3 atom stereocenters. The van der Waals surface area contributed by atoms with Gasteiger partial charge in [-0.15, -0.1) is 0 Å². The molecule has 0 amide bonds. The quantitative estimate of drug-likeness (QED) is 0.485. The minimum Gasteiger partial charge on any atom is -0.378 e. The number of imidazole rings is 1. The maximum atomic E-state index is 14.3. The van der Waals surface area contributed by atoms with E-state index in [0.717, 1.165) is 47.0 Å². The van der Waals surface area contributed by atoms with E-state index in [9.17, 15) is 9.18 Å². The fourth-order valence-electron chi connectivity index (χ4n) is 5.68. The zero-order valence-electron chi connectivity index (χ0n) is 19.8. The largest absolute Gasteiger partial charge is 0.378 e. The Morgan fingerprint density at radius 3 is 2.59 bits per heavy atom. The highest BCUT2D eigenvalue weighted by molar-refractivity contribution is 6.00. The highest BCUT2D eigenvalue weighted by atomic mass is 19.1. The van der Waals surface area contributed by atoms with Gasteiger partial charge < -0.3 is 9.69 Å². The molecular weight excluding hydrogens is 427 g/mol. The summed E-state index contributed by atoms with van der Waals surface area (Å²) in [6.07, 6.45) is 3.36. The van der Waals surface area contributed by atoms with E-state index in [1.165, 1.54) is 12.1 Å². The minimum absolute atomic E-state index is 0.0674. The fourth-order valence-corrected chi connectivity index (χ4v) is 5.68. The van der Waals surface area contributed by atoms with Crippen LogP contribution in [0.5, 0.6) is 0 Å². The Kier molecular flexibility index (Phi) is 5.16. The van der Waals surface area contributed by atoms with Crippen molar-refractivity contribution in [1.82, 2.24) is 9.55 Å². The number of ketones is 1. The fraction of sp³-hybridized carbons (Fsp3) is 0.321. The number of fused-ring (bicyclic) bond motifs is 3. The van der Waals surface area contributed by atoms with Gasteiger partial charge in [-0.2, -0.15) is 0 Å². The van der Waals surface area contributed by atoms with Crippen molar-refractivity contribution in [2.45, 2.75) is 32.1 Å². The van der Waals surface area contributed by atoms with Gasteiger partial charge in [-0.3, -0.25) is 4.57 Å². The summed E-state index contributed by atoms with van der Waals surface area (Å²) in [6, 6.07) is 14.7. The molecule has 0 fully saturated rings. The molecule has 34 heavy (non-hydrogen) atoms. The van der Waals surface area contributed by atoms with Crippen LogP contribution < -0.4 is 4.90 Å². The van der Waals surface area contributed by atoms with Crippen molar-refractivity contribution in [1.29, 1.82) is 0 Å². The van der Waals surface area contributed by atoms with Gasteiger partial charge in [-0.05, 0) is 61.2 Å². The van der Waals surface area contributed by atoms with Crippen molar-refractivity contribution < 1.29 is 9.18 Å². The Labute approximate surface area is 199 Å². The van der Waals surface area contributed by atoms with Crippen LogP contribution in [0, 0.1) is 24.2 Å². The van der Waals surface area contributed by atoms with E-state index in [0.29, 0.717) is 0 Å². The number of nitrogens with zero attached hydrogens (tertiary/aromatic N) is 4. The third-order valence-corrected chi connectivity index (χ3v) is 7.48. The second-order valence-electron chi connectivity index (χ2n) is 9.71. The van der Waals surface area contributed by atoms with Crippen LogP contribution in [0.25, 0.3) is 21.9 Å². The summed E-state index contributed by atoms with van der Waals surface area (Å²) < 4.78 is 16.3. The number of hydrogen-bond acceptors (Lipinski definition) is 3. The van der Waals surface area contributed by atoms with Gasteiger partial charge in [0, 0.05) is 42.4 Å². The minimum atomic E-state index is -0.544. The molecule has 0 N–H and O–H groups in total. The molecule has 172 valence electrons. The second-order valence-corrected chi connectivity index (χ2v) is 9.71. The van der Waals surface area contributed by atoms with Crippen molar-refractivity contribution in [3.63, 3.8) is 0 Å². The number of benzene rings is 2. The average molecular weight is 455 g/mol. The van der Waals surface area contributed by atoms with Gasteiger partial charge in [0.1, 0.15) is 11.6 Å².